The van der Waals surface area contributed by atoms with Crippen LogP contribution in [0.25, 0.3) is 10.1 Å². The third-order valence-electron chi connectivity index (χ3n) is 2.58. The van der Waals surface area contributed by atoms with Crippen molar-refractivity contribution in [2.45, 2.75) is 6.54 Å². The molecule has 3 rings (SSSR count). The van der Waals surface area contributed by atoms with Crippen molar-refractivity contribution >= 4 is 27.3 Å². The van der Waals surface area contributed by atoms with Gasteiger partial charge in [0.15, 0.2) is 0 Å². The minimum atomic E-state index is -0.307. The molecule has 2 heterocycles. The van der Waals surface area contributed by atoms with E-state index in [1.54, 1.807) is 12.1 Å². The Morgan fingerprint density at radius 2 is 2.32 bits per heavy atom. The Hall–Kier alpha value is -2.28. The van der Waals surface area contributed by atoms with Crippen LogP contribution in [0.4, 0.5) is 4.39 Å². The second-order valence-corrected chi connectivity index (χ2v) is 4.99. The zero-order chi connectivity index (χ0) is 13.2. The number of aromatic nitrogens is 3. The Kier molecular flexibility index (Phi) is 2.96. The summed E-state index contributed by atoms with van der Waals surface area (Å²) in [4.78, 5) is 16.4. The number of benzene rings is 1. The van der Waals surface area contributed by atoms with E-state index in [1.165, 1.54) is 29.8 Å². The first-order valence-corrected chi connectivity index (χ1v) is 6.35. The van der Waals surface area contributed by atoms with Gasteiger partial charge in [-0.25, -0.2) is 9.37 Å². The molecule has 2 aromatic heterocycles. The predicted octanol–water partition coefficient (Wildman–Crippen LogP) is 2.09. The number of carbonyl (C=O) groups excluding carboxylic acids is 1. The minimum Gasteiger partial charge on any atom is -0.344 e. The fourth-order valence-electron chi connectivity index (χ4n) is 1.69. The molecule has 0 spiro atoms. The molecule has 5 nitrogen and oxygen atoms in total. The number of halogens is 1. The zero-order valence-electron chi connectivity index (χ0n) is 9.68. The van der Waals surface area contributed by atoms with Crippen LogP contribution in [0.3, 0.4) is 0 Å². The summed E-state index contributed by atoms with van der Waals surface area (Å²) < 4.78 is 13.9. The molecule has 0 atom stereocenters. The maximum atomic E-state index is 13.1. The van der Waals surface area contributed by atoms with Crippen molar-refractivity contribution in [2.24, 2.45) is 0 Å². The zero-order valence-corrected chi connectivity index (χ0v) is 10.5. The number of carbonyl (C=O) groups is 1. The second kappa shape index (κ2) is 4.77. The summed E-state index contributed by atoms with van der Waals surface area (Å²) in [6.07, 6.45) is 1.38. The molecule has 0 aliphatic carbocycles. The number of nitrogens with zero attached hydrogens (tertiary/aromatic N) is 2. The summed E-state index contributed by atoms with van der Waals surface area (Å²) in [7, 11) is 0. The lowest BCUT2D eigenvalue weighted by molar-refractivity contribution is 0.0954. The number of fused-ring (bicyclic) bond motifs is 1. The molecule has 0 radical (unpaired) electrons. The molecule has 7 heteroatoms. The predicted molar refractivity (Wildman–Crippen MR) is 69.3 cm³/mol. The van der Waals surface area contributed by atoms with E-state index in [1.807, 2.05) is 0 Å². The molecule has 1 amide bonds. The van der Waals surface area contributed by atoms with E-state index < -0.39 is 0 Å². The molecule has 0 bridgehead atoms. The van der Waals surface area contributed by atoms with Crippen LogP contribution in [-0.4, -0.2) is 21.1 Å². The van der Waals surface area contributed by atoms with Gasteiger partial charge in [0, 0.05) is 4.70 Å². The lowest BCUT2D eigenvalue weighted by Crippen LogP contribution is -2.22. The Morgan fingerprint density at radius 1 is 1.42 bits per heavy atom. The quantitative estimate of drug-likeness (QED) is 0.769. The van der Waals surface area contributed by atoms with Gasteiger partial charge in [0.1, 0.15) is 18.0 Å². The Bertz CT molecular complexity index is 722. The van der Waals surface area contributed by atoms with E-state index in [-0.39, 0.29) is 18.3 Å². The first kappa shape index (κ1) is 11.8. The van der Waals surface area contributed by atoms with Gasteiger partial charge in [-0.05, 0) is 29.7 Å². The van der Waals surface area contributed by atoms with Crippen LogP contribution in [0.15, 0.2) is 30.6 Å². The van der Waals surface area contributed by atoms with Crippen molar-refractivity contribution in [2.75, 3.05) is 0 Å². The molecule has 19 heavy (non-hydrogen) atoms. The highest BCUT2D eigenvalue weighted by molar-refractivity contribution is 7.20. The second-order valence-electron chi connectivity index (χ2n) is 3.91. The maximum absolute atomic E-state index is 13.1. The van der Waals surface area contributed by atoms with Gasteiger partial charge in [0.25, 0.3) is 5.91 Å². The number of aromatic amines is 1. The van der Waals surface area contributed by atoms with Gasteiger partial charge in [-0.2, -0.15) is 5.10 Å². The molecule has 0 aliphatic heterocycles. The number of hydrogen-bond donors (Lipinski definition) is 2. The average molecular weight is 276 g/mol. The van der Waals surface area contributed by atoms with E-state index in [9.17, 15) is 9.18 Å². The molecule has 3 aromatic rings. The molecular weight excluding hydrogens is 267 g/mol. The Morgan fingerprint density at radius 3 is 3.11 bits per heavy atom. The molecule has 1 aromatic carbocycles. The minimum absolute atomic E-state index is 0.210. The van der Waals surface area contributed by atoms with Crippen molar-refractivity contribution in [3.63, 3.8) is 0 Å². The Balaban J connectivity index is 1.77. The van der Waals surface area contributed by atoms with E-state index in [0.717, 1.165) is 10.1 Å². The van der Waals surface area contributed by atoms with E-state index in [2.05, 4.69) is 20.5 Å². The fourth-order valence-corrected chi connectivity index (χ4v) is 2.65. The van der Waals surface area contributed by atoms with Gasteiger partial charge in [-0.3, -0.25) is 9.89 Å². The molecule has 0 fully saturated rings. The molecule has 0 saturated carbocycles. The maximum Gasteiger partial charge on any atom is 0.261 e. The Labute approximate surface area is 111 Å². The van der Waals surface area contributed by atoms with Gasteiger partial charge < -0.3 is 5.32 Å². The number of hydrogen-bond acceptors (Lipinski definition) is 4. The normalized spacial score (nSPS) is 10.8. The summed E-state index contributed by atoms with van der Waals surface area (Å²) in [6, 6.07) is 6.15. The molecule has 0 saturated heterocycles. The van der Waals surface area contributed by atoms with Crippen molar-refractivity contribution in [1.29, 1.82) is 0 Å². The standard InChI is InChI=1S/C12H9FN4OS/c13-8-1-2-9-7(3-8)4-10(19-9)12(18)14-5-11-15-6-16-17-11/h1-4,6H,5H2,(H,14,18)(H,15,16,17). The van der Waals surface area contributed by atoms with Gasteiger partial charge in [0.05, 0.1) is 11.4 Å². The monoisotopic (exact) mass is 276 g/mol. The van der Waals surface area contributed by atoms with Crippen molar-refractivity contribution in [3.8, 4) is 0 Å². The SMILES string of the molecule is O=C(NCc1ncn[nH]1)c1cc2cc(F)ccc2s1. The summed E-state index contributed by atoms with van der Waals surface area (Å²) in [6.45, 7) is 0.279. The third kappa shape index (κ3) is 2.45. The molecule has 2 N–H and O–H groups in total. The van der Waals surface area contributed by atoms with Crippen LogP contribution >= 0.6 is 11.3 Å². The summed E-state index contributed by atoms with van der Waals surface area (Å²) in [5.41, 5.74) is 0. The van der Waals surface area contributed by atoms with Gasteiger partial charge >= 0.3 is 0 Å². The average Bonchev–Trinajstić information content (AvgIpc) is 3.04. The topological polar surface area (TPSA) is 70.7 Å². The first-order valence-electron chi connectivity index (χ1n) is 5.54. The third-order valence-corrected chi connectivity index (χ3v) is 3.70. The fraction of sp³-hybridized carbons (Fsp3) is 0.0833. The summed E-state index contributed by atoms with van der Waals surface area (Å²) in [5, 5.41) is 9.80. The molecule has 0 unspecified atom stereocenters. The van der Waals surface area contributed by atoms with E-state index >= 15 is 0 Å². The van der Waals surface area contributed by atoms with Crippen LogP contribution in [-0.2, 0) is 6.54 Å². The first-order chi connectivity index (χ1) is 9.22. The van der Waals surface area contributed by atoms with Gasteiger partial charge in [-0.15, -0.1) is 11.3 Å². The van der Waals surface area contributed by atoms with Crippen molar-refractivity contribution in [1.82, 2.24) is 20.5 Å². The van der Waals surface area contributed by atoms with Crippen LogP contribution < -0.4 is 5.32 Å². The number of thiophene rings is 1. The number of amides is 1. The highest BCUT2D eigenvalue weighted by Crippen LogP contribution is 2.26. The lowest BCUT2D eigenvalue weighted by atomic mass is 10.2. The van der Waals surface area contributed by atoms with Crippen LogP contribution in [0.1, 0.15) is 15.5 Å². The number of nitrogens with one attached hydrogen (secondary N) is 2. The number of H-pyrrole nitrogens is 1. The van der Waals surface area contributed by atoms with Crippen LogP contribution in [0.5, 0.6) is 0 Å². The summed E-state index contributed by atoms with van der Waals surface area (Å²) >= 11 is 1.33. The van der Waals surface area contributed by atoms with Crippen molar-refractivity contribution < 1.29 is 9.18 Å². The highest BCUT2D eigenvalue weighted by Gasteiger charge is 2.10. The molecule has 0 aliphatic rings. The molecular formula is C12H9FN4OS. The highest BCUT2D eigenvalue weighted by atomic mass is 32.1. The van der Waals surface area contributed by atoms with Crippen molar-refractivity contribution in [3.05, 3.63) is 47.1 Å². The van der Waals surface area contributed by atoms with Crippen LogP contribution in [0.2, 0.25) is 0 Å². The smallest absolute Gasteiger partial charge is 0.261 e. The number of rotatable bonds is 3. The largest absolute Gasteiger partial charge is 0.344 e. The van der Waals surface area contributed by atoms with E-state index in [0.29, 0.717) is 10.7 Å². The lowest BCUT2D eigenvalue weighted by Gasteiger charge is -1.99. The van der Waals surface area contributed by atoms with Gasteiger partial charge in [0.2, 0.25) is 0 Å². The van der Waals surface area contributed by atoms with Gasteiger partial charge in [-0.1, -0.05) is 0 Å². The van der Waals surface area contributed by atoms with E-state index in [4.69, 9.17) is 0 Å². The van der Waals surface area contributed by atoms with Crippen LogP contribution in [0, 0.1) is 5.82 Å². The molecule has 96 valence electrons. The summed E-state index contributed by atoms with van der Waals surface area (Å²) in [5.74, 6) is 0.0671.